The molecule has 1 aliphatic heterocycles. The molecular formula is C24H29F2N4O2P. The second-order valence-electron chi connectivity index (χ2n) is 8.03. The van der Waals surface area contributed by atoms with Gasteiger partial charge in [-0.05, 0) is 30.7 Å². The number of aryl methyl sites for hydroxylation is 1. The van der Waals surface area contributed by atoms with Crippen molar-refractivity contribution in [2.24, 2.45) is 5.41 Å². The van der Waals surface area contributed by atoms with Gasteiger partial charge in [-0.3, -0.25) is 4.79 Å². The number of nitrogens with zero attached hydrogens (tertiary/aromatic N) is 2. The van der Waals surface area contributed by atoms with Gasteiger partial charge in [0.2, 0.25) is 0 Å². The average molecular weight is 474 g/mol. The van der Waals surface area contributed by atoms with Gasteiger partial charge >= 0.3 is 0 Å². The fourth-order valence-corrected chi connectivity index (χ4v) is 4.08. The molecule has 1 atom stereocenters. The summed E-state index contributed by atoms with van der Waals surface area (Å²) in [7, 11) is 2.27. The van der Waals surface area contributed by atoms with E-state index in [9.17, 15) is 18.7 Å². The lowest BCUT2D eigenvalue weighted by Gasteiger charge is -2.49. The highest BCUT2D eigenvalue weighted by Gasteiger charge is 2.46. The topological polar surface area (TPSA) is 81.2 Å². The minimum Gasteiger partial charge on any atom is -0.396 e. The summed E-state index contributed by atoms with van der Waals surface area (Å²) in [5, 5.41) is 12.9. The maximum Gasteiger partial charge on any atom is 0.256 e. The van der Waals surface area contributed by atoms with Gasteiger partial charge in [-0.25, -0.2) is 13.8 Å². The number of aliphatic hydroxyl groups is 1. The second-order valence-corrected chi connectivity index (χ2v) is 8.65. The molecule has 9 heteroatoms. The SMILES string of the molecule is CC.Cc1ccc(Nc2c(C(=O)N3CC(CO)(Cc4ncc[nH]4)C3)ccc(P)c2F)c(F)c1. The number of carbonyl (C=O) groups excluding carboxylic acids is 1. The van der Waals surface area contributed by atoms with E-state index in [1.165, 1.54) is 24.3 Å². The number of likely N-dealkylation sites (tertiary alicyclic amines) is 1. The number of aromatic amines is 1. The minimum atomic E-state index is -0.639. The van der Waals surface area contributed by atoms with Crippen molar-refractivity contribution < 1.29 is 18.7 Å². The van der Waals surface area contributed by atoms with Gasteiger partial charge in [-0.2, -0.15) is 0 Å². The number of hydrogen-bond donors (Lipinski definition) is 3. The lowest BCUT2D eigenvalue weighted by atomic mass is 9.77. The Labute approximate surface area is 194 Å². The van der Waals surface area contributed by atoms with Gasteiger partial charge in [0.05, 0.1) is 23.5 Å². The minimum absolute atomic E-state index is 0.0761. The fourth-order valence-electron chi connectivity index (χ4n) is 3.84. The van der Waals surface area contributed by atoms with Gasteiger partial charge in [-0.1, -0.05) is 26.0 Å². The molecule has 1 aromatic heterocycles. The van der Waals surface area contributed by atoms with E-state index in [1.54, 1.807) is 30.3 Å². The van der Waals surface area contributed by atoms with Crippen molar-refractivity contribution in [3.05, 3.63) is 71.3 Å². The standard InChI is InChI=1S/C22H23F2N4O2P.C2H6/c1-13-2-4-16(15(23)8-13)27-20-14(3-5-17(31)19(20)24)21(30)28-10-22(11-28,12-29)9-18-25-6-7-26-18;1-2/h2-8,27,29H,9-12,31H2,1H3,(H,25,26);1-2H3. The van der Waals surface area contributed by atoms with E-state index in [2.05, 4.69) is 24.5 Å². The number of hydrogen-bond acceptors (Lipinski definition) is 4. The molecule has 176 valence electrons. The quantitative estimate of drug-likeness (QED) is 0.473. The predicted molar refractivity (Wildman–Crippen MR) is 129 cm³/mol. The Balaban J connectivity index is 0.00000149. The molecule has 2 heterocycles. The third-order valence-electron chi connectivity index (χ3n) is 5.56. The fraction of sp³-hybridized carbons (Fsp3) is 0.333. The van der Waals surface area contributed by atoms with Crippen molar-refractivity contribution >= 4 is 31.8 Å². The Bertz CT molecular complexity index is 1120. The summed E-state index contributed by atoms with van der Waals surface area (Å²) >= 11 is 0. The number of imidazole rings is 1. The Hall–Kier alpha value is -2.83. The second kappa shape index (κ2) is 10.4. The largest absolute Gasteiger partial charge is 0.396 e. The average Bonchev–Trinajstić information content (AvgIpc) is 3.29. The van der Waals surface area contributed by atoms with Crippen LogP contribution >= 0.6 is 9.24 Å². The molecule has 1 amide bonds. The number of aliphatic hydroxyl groups excluding tert-OH is 1. The first-order valence-corrected chi connectivity index (χ1v) is 11.4. The van der Waals surface area contributed by atoms with Gasteiger partial charge in [0, 0.05) is 42.6 Å². The van der Waals surface area contributed by atoms with Crippen molar-refractivity contribution in [3.63, 3.8) is 0 Å². The van der Waals surface area contributed by atoms with Crippen LogP contribution < -0.4 is 10.6 Å². The van der Waals surface area contributed by atoms with Gasteiger partial charge in [0.1, 0.15) is 11.6 Å². The van der Waals surface area contributed by atoms with Gasteiger partial charge < -0.3 is 20.3 Å². The zero-order chi connectivity index (χ0) is 24.2. The summed E-state index contributed by atoms with van der Waals surface area (Å²) < 4.78 is 29.3. The summed E-state index contributed by atoms with van der Waals surface area (Å²) in [4.78, 5) is 21.9. The lowest BCUT2D eigenvalue weighted by molar-refractivity contribution is -0.0279. The van der Waals surface area contributed by atoms with Crippen LogP contribution in [-0.2, 0) is 6.42 Å². The first-order valence-electron chi connectivity index (χ1n) is 10.8. The number of carbonyl (C=O) groups is 1. The summed E-state index contributed by atoms with van der Waals surface area (Å²) in [6.07, 6.45) is 3.84. The Morgan fingerprint density at radius 2 is 2.00 bits per heavy atom. The number of nitrogens with one attached hydrogen (secondary N) is 2. The maximum atomic E-state index is 14.9. The zero-order valence-electron chi connectivity index (χ0n) is 19.0. The summed E-state index contributed by atoms with van der Waals surface area (Å²) in [5.41, 5.74) is 0.349. The number of amides is 1. The van der Waals surface area contributed by atoms with Crippen molar-refractivity contribution in [3.8, 4) is 0 Å². The van der Waals surface area contributed by atoms with Gasteiger partial charge in [-0.15, -0.1) is 9.24 Å². The molecule has 1 fully saturated rings. The third kappa shape index (κ3) is 5.23. The molecular weight excluding hydrogens is 445 g/mol. The molecule has 1 unspecified atom stereocenters. The number of benzene rings is 2. The van der Waals surface area contributed by atoms with Crippen LogP contribution in [0.3, 0.4) is 0 Å². The van der Waals surface area contributed by atoms with Crippen LogP contribution in [0.25, 0.3) is 0 Å². The van der Waals surface area contributed by atoms with Gasteiger partial charge in [0.25, 0.3) is 5.91 Å². The molecule has 1 aliphatic rings. The number of aromatic nitrogens is 2. The highest BCUT2D eigenvalue weighted by atomic mass is 31.0. The smallest absolute Gasteiger partial charge is 0.256 e. The molecule has 1 saturated heterocycles. The normalized spacial score (nSPS) is 14.2. The molecule has 0 radical (unpaired) electrons. The van der Waals surface area contributed by atoms with Crippen molar-refractivity contribution in [1.82, 2.24) is 14.9 Å². The van der Waals surface area contributed by atoms with E-state index in [-0.39, 0.29) is 34.8 Å². The van der Waals surface area contributed by atoms with Crippen molar-refractivity contribution in [1.29, 1.82) is 0 Å². The van der Waals surface area contributed by atoms with Crippen LogP contribution in [0.1, 0.15) is 35.6 Å². The third-order valence-corrected chi connectivity index (χ3v) is 6.00. The van der Waals surface area contributed by atoms with Crippen LogP contribution in [0, 0.1) is 24.0 Å². The van der Waals surface area contributed by atoms with Crippen LogP contribution in [0.4, 0.5) is 20.2 Å². The monoisotopic (exact) mass is 474 g/mol. The molecule has 0 bridgehead atoms. The van der Waals surface area contributed by atoms with Crippen LogP contribution in [0.5, 0.6) is 0 Å². The molecule has 0 aliphatic carbocycles. The summed E-state index contributed by atoms with van der Waals surface area (Å²) in [6.45, 7) is 6.28. The highest BCUT2D eigenvalue weighted by molar-refractivity contribution is 7.27. The molecule has 0 spiro atoms. The van der Waals surface area contributed by atoms with Crippen molar-refractivity contribution in [2.75, 3.05) is 25.0 Å². The zero-order valence-corrected chi connectivity index (χ0v) is 20.1. The van der Waals surface area contributed by atoms with E-state index >= 15 is 0 Å². The Kier molecular flexibility index (Phi) is 7.82. The molecule has 4 rings (SSSR count). The molecule has 2 aromatic carbocycles. The van der Waals surface area contributed by atoms with Crippen LogP contribution in [0.15, 0.2) is 42.7 Å². The predicted octanol–water partition coefficient (Wildman–Crippen LogP) is 3.94. The maximum absolute atomic E-state index is 14.9. The van der Waals surface area contributed by atoms with E-state index in [1.807, 2.05) is 13.8 Å². The number of anilines is 2. The molecule has 3 N–H and O–H groups in total. The van der Waals surface area contributed by atoms with E-state index in [0.717, 1.165) is 11.4 Å². The van der Waals surface area contributed by atoms with Gasteiger partial charge in [0.15, 0.2) is 5.82 Å². The summed E-state index contributed by atoms with van der Waals surface area (Å²) in [6, 6.07) is 7.57. The lowest BCUT2D eigenvalue weighted by Crippen LogP contribution is -2.61. The van der Waals surface area contributed by atoms with E-state index < -0.39 is 17.0 Å². The molecule has 6 nitrogen and oxygen atoms in total. The summed E-state index contributed by atoms with van der Waals surface area (Å²) in [5.74, 6) is -0.826. The van der Waals surface area contributed by atoms with E-state index in [0.29, 0.717) is 19.5 Å². The Morgan fingerprint density at radius 1 is 1.27 bits per heavy atom. The first-order chi connectivity index (χ1) is 15.8. The number of halogens is 2. The van der Waals surface area contributed by atoms with E-state index in [4.69, 9.17) is 0 Å². The number of rotatable bonds is 6. The number of H-pyrrole nitrogens is 1. The van der Waals surface area contributed by atoms with Crippen molar-refractivity contribution in [2.45, 2.75) is 27.2 Å². The molecule has 0 saturated carbocycles. The Morgan fingerprint density at radius 3 is 2.61 bits per heavy atom. The van der Waals surface area contributed by atoms with Crippen LogP contribution in [0.2, 0.25) is 0 Å². The first kappa shape index (κ1) is 24.8. The molecule has 3 aromatic rings. The molecule has 33 heavy (non-hydrogen) atoms. The highest BCUT2D eigenvalue weighted by Crippen LogP contribution is 2.36. The van der Waals surface area contributed by atoms with Crippen LogP contribution in [-0.4, -0.2) is 45.6 Å².